The zero-order valence-corrected chi connectivity index (χ0v) is 13.2. The van der Waals surface area contributed by atoms with Gasteiger partial charge in [-0.15, -0.1) is 0 Å². The van der Waals surface area contributed by atoms with E-state index in [1.165, 1.54) is 5.57 Å². The molecule has 1 aromatic carbocycles. The molecule has 0 fully saturated rings. The molecule has 2 atom stereocenters. The van der Waals surface area contributed by atoms with Gasteiger partial charge in [-0.05, 0) is 36.3 Å². The van der Waals surface area contributed by atoms with Crippen molar-refractivity contribution in [2.75, 3.05) is 13.6 Å². The SMILES string of the molecule is CCC1C=CC=CC1(C1=CCN(C)C=C1)c1ccccc1O. The zero-order valence-electron chi connectivity index (χ0n) is 13.2. The van der Waals surface area contributed by atoms with E-state index in [2.05, 4.69) is 67.6 Å². The predicted molar refractivity (Wildman–Crippen MR) is 91.7 cm³/mol. The number of hydrogen-bond acceptors (Lipinski definition) is 2. The van der Waals surface area contributed by atoms with Crippen LogP contribution in [-0.4, -0.2) is 23.6 Å². The Labute approximate surface area is 132 Å². The Morgan fingerprint density at radius 3 is 2.77 bits per heavy atom. The van der Waals surface area contributed by atoms with Crippen LogP contribution in [0.4, 0.5) is 0 Å². The van der Waals surface area contributed by atoms with Gasteiger partial charge < -0.3 is 10.0 Å². The molecule has 0 radical (unpaired) electrons. The third-order valence-corrected chi connectivity index (χ3v) is 4.77. The average Bonchev–Trinajstić information content (AvgIpc) is 2.56. The monoisotopic (exact) mass is 293 g/mol. The first-order chi connectivity index (χ1) is 10.7. The van der Waals surface area contributed by atoms with Crippen LogP contribution in [0.1, 0.15) is 18.9 Å². The lowest BCUT2D eigenvalue weighted by Gasteiger charge is -2.41. The van der Waals surface area contributed by atoms with Gasteiger partial charge >= 0.3 is 0 Å². The van der Waals surface area contributed by atoms with Crippen molar-refractivity contribution in [3.63, 3.8) is 0 Å². The highest BCUT2D eigenvalue weighted by Crippen LogP contribution is 2.48. The van der Waals surface area contributed by atoms with Crippen LogP contribution in [0.3, 0.4) is 0 Å². The fourth-order valence-electron chi connectivity index (χ4n) is 3.60. The maximum absolute atomic E-state index is 10.5. The van der Waals surface area contributed by atoms with Crippen LogP contribution in [0.25, 0.3) is 0 Å². The van der Waals surface area contributed by atoms with E-state index in [1.54, 1.807) is 6.07 Å². The summed E-state index contributed by atoms with van der Waals surface area (Å²) >= 11 is 0. The number of allylic oxidation sites excluding steroid dienone is 6. The van der Waals surface area contributed by atoms with Gasteiger partial charge in [-0.1, -0.05) is 55.5 Å². The molecule has 0 saturated heterocycles. The van der Waals surface area contributed by atoms with E-state index < -0.39 is 0 Å². The Morgan fingerprint density at radius 1 is 1.27 bits per heavy atom. The van der Waals surface area contributed by atoms with Gasteiger partial charge in [-0.2, -0.15) is 0 Å². The van der Waals surface area contributed by atoms with E-state index in [0.29, 0.717) is 11.7 Å². The summed E-state index contributed by atoms with van der Waals surface area (Å²) in [6.45, 7) is 3.11. The summed E-state index contributed by atoms with van der Waals surface area (Å²) in [6.07, 6.45) is 16.3. The predicted octanol–water partition coefficient (Wildman–Crippen LogP) is 4.17. The highest BCUT2D eigenvalue weighted by molar-refractivity contribution is 5.56. The normalized spacial score (nSPS) is 27.1. The van der Waals surface area contributed by atoms with E-state index in [4.69, 9.17) is 0 Å². The molecule has 1 aromatic rings. The molecule has 2 nitrogen and oxygen atoms in total. The summed E-state index contributed by atoms with van der Waals surface area (Å²) in [5.74, 6) is 0.708. The van der Waals surface area contributed by atoms with Gasteiger partial charge in [0, 0.05) is 24.6 Å². The number of likely N-dealkylation sites (N-methyl/N-ethyl adjacent to an activating group) is 1. The minimum absolute atomic E-state index is 0.285. The van der Waals surface area contributed by atoms with Crippen molar-refractivity contribution in [2.24, 2.45) is 5.92 Å². The van der Waals surface area contributed by atoms with Crippen LogP contribution >= 0.6 is 0 Å². The number of aromatic hydroxyl groups is 1. The van der Waals surface area contributed by atoms with Gasteiger partial charge in [0.2, 0.25) is 0 Å². The van der Waals surface area contributed by atoms with Crippen molar-refractivity contribution in [3.8, 4) is 5.75 Å². The molecule has 1 heterocycles. The van der Waals surface area contributed by atoms with Crippen molar-refractivity contribution in [1.29, 1.82) is 0 Å². The highest BCUT2D eigenvalue weighted by Gasteiger charge is 2.41. The number of benzene rings is 1. The molecule has 0 amide bonds. The average molecular weight is 293 g/mol. The standard InChI is InChI=1S/C20H23NO/c1-3-16-8-6-7-13-20(16,17-11-14-21(2)15-12-17)18-9-4-5-10-19(18)22/h4-14,16,22H,3,15H2,1-2H3. The molecule has 0 aromatic heterocycles. The van der Waals surface area contributed by atoms with E-state index in [9.17, 15) is 5.11 Å². The number of phenols is 1. The number of hydrogen-bond donors (Lipinski definition) is 1. The maximum atomic E-state index is 10.5. The summed E-state index contributed by atoms with van der Waals surface area (Å²) in [6, 6.07) is 7.73. The van der Waals surface area contributed by atoms with Crippen molar-refractivity contribution in [3.05, 3.63) is 78.1 Å². The molecule has 2 heteroatoms. The van der Waals surface area contributed by atoms with Crippen LogP contribution in [0.15, 0.2) is 72.5 Å². The fourth-order valence-corrected chi connectivity index (χ4v) is 3.60. The Hall–Kier alpha value is -2.22. The third-order valence-electron chi connectivity index (χ3n) is 4.77. The molecule has 22 heavy (non-hydrogen) atoms. The van der Waals surface area contributed by atoms with E-state index in [1.807, 2.05) is 12.1 Å². The Balaban J connectivity index is 2.20. The quantitative estimate of drug-likeness (QED) is 0.904. The molecule has 1 aliphatic heterocycles. The van der Waals surface area contributed by atoms with Crippen molar-refractivity contribution < 1.29 is 5.11 Å². The summed E-state index contributed by atoms with van der Waals surface area (Å²) in [5.41, 5.74) is 1.97. The van der Waals surface area contributed by atoms with Gasteiger partial charge in [-0.3, -0.25) is 0 Å². The van der Waals surface area contributed by atoms with Crippen LogP contribution in [0, 0.1) is 5.92 Å². The van der Waals surface area contributed by atoms with Crippen LogP contribution in [0.5, 0.6) is 5.75 Å². The first kappa shape index (κ1) is 14.7. The molecule has 1 aliphatic carbocycles. The second kappa shape index (κ2) is 5.88. The van der Waals surface area contributed by atoms with Crippen molar-refractivity contribution in [1.82, 2.24) is 4.90 Å². The van der Waals surface area contributed by atoms with Crippen molar-refractivity contribution >= 4 is 0 Å². The summed E-state index contributed by atoms with van der Waals surface area (Å²) in [5, 5.41) is 10.5. The summed E-state index contributed by atoms with van der Waals surface area (Å²) < 4.78 is 0. The molecule has 114 valence electrons. The molecule has 2 aliphatic rings. The largest absolute Gasteiger partial charge is 0.508 e. The lowest BCUT2D eigenvalue weighted by Crippen LogP contribution is -2.36. The zero-order chi connectivity index (χ0) is 15.6. The first-order valence-corrected chi connectivity index (χ1v) is 7.92. The van der Waals surface area contributed by atoms with Crippen molar-refractivity contribution in [2.45, 2.75) is 18.8 Å². The van der Waals surface area contributed by atoms with Gasteiger partial charge in [0.15, 0.2) is 0 Å². The van der Waals surface area contributed by atoms with E-state index >= 15 is 0 Å². The minimum atomic E-state index is -0.285. The second-order valence-corrected chi connectivity index (χ2v) is 6.06. The van der Waals surface area contributed by atoms with Gasteiger partial charge in [0.05, 0.1) is 0 Å². The number of para-hydroxylation sites is 1. The van der Waals surface area contributed by atoms with E-state index in [-0.39, 0.29) is 5.41 Å². The first-order valence-electron chi connectivity index (χ1n) is 7.92. The number of rotatable bonds is 3. The minimum Gasteiger partial charge on any atom is -0.508 e. The summed E-state index contributed by atoms with van der Waals surface area (Å²) in [7, 11) is 2.07. The van der Waals surface area contributed by atoms with Gasteiger partial charge in [0.25, 0.3) is 0 Å². The molecule has 0 saturated carbocycles. The number of nitrogens with zero attached hydrogens (tertiary/aromatic N) is 1. The second-order valence-electron chi connectivity index (χ2n) is 6.06. The lowest BCUT2D eigenvalue weighted by atomic mass is 9.62. The highest BCUT2D eigenvalue weighted by atomic mass is 16.3. The molecule has 0 spiro atoms. The Kier molecular flexibility index (Phi) is 3.93. The van der Waals surface area contributed by atoms with Crippen LogP contribution < -0.4 is 0 Å². The maximum Gasteiger partial charge on any atom is 0.120 e. The van der Waals surface area contributed by atoms with Crippen LogP contribution in [-0.2, 0) is 5.41 Å². The third kappa shape index (κ3) is 2.29. The molecule has 2 unspecified atom stereocenters. The smallest absolute Gasteiger partial charge is 0.120 e. The molecule has 1 N–H and O–H groups in total. The molecule has 0 bridgehead atoms. The van der Waals surface area contributed by atoms with E-state index in [0.717, 1.165) is 18.5 Å². The van der Waals surface area contributed by atoms with Gasteiger partial charge in [-0.25, -0.2) is 0 Å². The topological polar surface area (TPSA) is 23.5 Å². The van der Waals surface area contributed by atoms with Gasteiger partial charge in [0.1, 0.15) is 5.75 Å². The van der Waals surface area contributed by atoms with Crippen LogP contribution in [0.2, 0.25) is 0 Å². The Bertz CT molecular complexity index is 668. The molecular formula is C20H23NO. The molecule has 3 rings (SSSR count). The Morgan fingerprint density at radius 2 is 2.09 bits per heavy atom. The molecular weight excluding hydrogens is 270 g/mol. The fraction of sp³-hybridized carbons (Fsp3) is 0.300. The lowest BCUT2D eigenvalue weighted by molar-refractivity contribution is 0.400. The summed E-state index contributed by atoms with van der Waals surface area (Å²) in [4.78, 5) is 2.16. The number of phenolic OH excluding ortho intramolecular Hbond substituents is 1.